The second-order valence-electron chi connectivity index (χ2n) is 7.89. The maximum atomic E-state index is 5.74. The third-order valence-corrected chi connectivity index (χ3v) is 4.17. The molecule has 0 radical (unpaired) electrons. The average Bonchev–Trinajstić information content (AvgIpc) is 2.95. The molecule has 2 aromatic rings. The third-order valence-electron chi connectivity index (χ3n) is 3.54. The summed E-state index contributed by atoms with van der Waals surface area (Å²) in [4.78, 5) is 4.22. The van der Waals surface area contributed by atoms with Gasteiger partial charge in [0.1, 0.15) is 12.4 Å². The summed E-state index contributed by atoms with van der Waals surface area (Å²) in [5.74, 6) is 0.885. The summed E-state index contributed by atoms with van der Waals surface area (Å²) in [5, 5.41) is 5.67. The fourth-order valence-corrected chi connectivity index (χ4v) is 3.44. The van der Waals surface area contributed by atoms with E-state index < -0.39 is 0 Å². The molecule has 24 heavy (non-hydrogen) atoms. The summed E-state index contributed by atoms with van der Waals surface area (Å²) >= 11 is 1.59. The number of aromatic nitrogens is 1. The monoisotopic (exact) mass is 368 g/mol. The Morgan fingerprint density at radius 3 is 2.29 bits per heavy atom. The lowest BCUT2D eigenvalue weighted by atomic mass is 9.82. The van der Waals surface area contributed by atoms with Crippen LogP contribution in [0.3, 0.4) is 0 Å². The van der Waals surface area contributed by atoms with Crippen molar-refractivity contribution < 1.29 is 4.74 Å². The van der Waals surface area contributed by atoms with E-state index in [4.69, 9.17) is 4.74 Å². The zero-order valence-electron chi connectivity index (χ0n) is 15.3. The first-order valence-corrected chi connectivity index (χ1v) is 9.02. The van der Waals surface area contributed by atoms with Crippen LogP contribution in [0.15, 0.2) is 35.2 Å². The molecule has 0 spiro atoms. The quantitative estimate of drug-likeness (QED) is 0.705. The van der Waals surface area contributed by atoms with Gasteiger partial charge in [0.2, 0.25) is 0 Å². The normalized spacial score (nSPS) is 11.9. The topological polar surface area (TPSA) is 34.1 Å². The first-order chi connectivity index (χ1) is 10.7. The van der Waals surface area contributed by atoms with E-state index in [2.05, 4.69) is 57.1 Å². The summed E-state index contributed by atoms with van der Waals surface area (Å²) in [6.45, 7) is 12.8. The largest absolute Gasteiger partial charge is 0.487 e. The molecule has 0 atom stereocenters. The van der Waals surface area contributed by atoms with E-state index in [1.165, 1.54) is 5.56 Å². The van der Waals surface area contributed by atoms with Crippen LogP contribution < -0.4 is 10.1 Å². The number of hydrogen-bond donors (Lipinski definition) is 1. The summed E-state index contributed by atoms with van der Waals surface area (Å²) in [6.07, 6.45) is 1.13. The van der Waals surface area contributed by atoms with Crippen LogP contribution in [0.1, 0.15) is 52.3 Å². The fourth-order valence-electron chi connectivity index (χ4n) is 2.90. The van der Waals surface area contributed by atoms with Gasteiger partial charge >= 0.3 is 0 Å². The van der Waals surface area contributed by atoms with Gasteiger partial charge in [-0.25, -0.2) is 4.98 Å². The number of thiazole rings is 1. The second-order valence-corrected chi connectivity index (χ2v) is 8.61. The number of nitrogens with zero attached hydrogens (tertiary/aromatic N) is 1. The predicted octanol–water partition coefficient (Wildman–Crippen LogP) is 5.45. The van der Waals surface area contributed by atoms with Gasteiger partial charge in [0.05, 0.1) is 11.2 Å². The van der Waals surface area contributed by atoms with Crippen LogP contribution in [-0.4, -0.2) is 10.5 Å². The Kier molecular flexibility index (Phi) is 7.71. The van der Waals surface area contributed by atoms with Crippen molar-refractivity contribution in [3.8, 4) is 5.75 Å². The van der Waals surface area contributed by atoms with Gasteiger partial charge in [-0.05, 0) is 43.4 Å². The highest BCUT2D eigenvalue weighted by atomic mass is 35.5. The summed E-state index contributed by atoms with van der Waals surface area (Å²) in [7, 11) is 0. The molecule has 1 N–H and O–H groups in total. The number of nitrogens with one attached hydrogen (secondary N) is 1. The average molecular weight is 369 g/mol. The molecule has 134 valence electrons. The van der Waals surface area contributed by atoms with Crippen molar-refractivity contribution in [2.45, 2.75) is 59.7 Å². The van der Waals surface area contributed by atoms with Crippen molar-refractivity contribution in [1.29, 1.82) is 0 Å². The molecule has 2 rings (SSSR count). The molecule has 0 unspecified atom stereocenters. The van der Waals surface area contributed by atoms with Gasteiger partial charge < -0.3 is 10.1 Å². The Morgan fingerprint density at radius 2 is 1.75 bits per heavy atom. The lowest BCUT2D eigenvalue weighted by molar-refractivity contribution is 0.240. The SMILES string of the molecule is CC(C)(C)CC(C)(C)NCc1ccc(OCc2cscn2)cc1.Cl. The minimum absolute atomic E-state index is 0. The molecule has 0 fully saturated rings. The van der Waals surface area contributed by atoms with Crippen molar-refractivity contribution in [2.24, 2.45) is 5.41 Å². The van der Waals surface area contributed by atoms with Gasteiger partial charge in [-0.15, -0.1) is 23.7 Å². The number of benzene rings is 1. The van der Waals surface area contributed by atoms with Crippen LogP contribution in [0.4, 0.5) is 0 Å². The third kappa shape index (κ3) is 7.65. The molecule has 0 aliphatic heterocycles. The van der Waals surface area contributed by atoms with E-state index in [-0.39, 0.29) is 17.9 Å². The molecule has 1 aromatic heterocycles. The molecule has 0 aliphatic carbocycles. The van der Waals surface area contributed by atoms with Gasteiger partial charge in [-0.1, -0.05) is 32.9 Å². The number of halogens is 1. The Bertz CT molecular complexity index is 589. The van der Waals surface area contributed by atoms with Crippen LogP contribution in [0, 0.1) is 5.41 Å². The van der Waals surface area contributed by atoms with Crippen molar-refractivity contribution in [3.05, 3.63) is 46.4 Å². The first kappa shape index (κ1) is 20.9. The van der Waals surface area contributed by atoms with E-state index in [1.54, 1.807) is 11.3 Å². The van der Waals surface area contributed by atoms with Gasteiger partial charge in [0, 0.05) is 17.5 Å². The van der Waals surface area contributed by atoms with Gasteiger partial charge in [-0.2, -0.15) is 0 Å². The van der Waals surface area contributed by atoms with Crippen LogP contribution in [0.2, 0.25) is 0 Å². The van der Waals surface area contributed by atoms with Crippen LogP contribution in [0.5, 0.6) is 5.75 Å². The number of ether oxygens (including phenoxy) is 1. The lowest BCUT2D eigenvalue weighted by Crippen LogP contribution is -2.41. The van der Waals surface area contributed by atoms with Gasteiger partial charge in [0.25, 0.3) is 0 Å². The van der Waals surface area contributed by atoms with Crippen molar-refractivity contribution in [3.63, 3.8) is 0 Å². The van der Waals surface area contributed by atoms with Crippen molar-refractivity contribution in [1.82, 2.24) is 10.3 Å². The molecular formula is C19H29ClN2OS. The molecule has 0 aliphatic rings. The molecule has 5 heteroatoms. The Morgan fingerprint density at radius 1 is 1.08 bits per heavy atom. The molecule has 0 saturated heterocycles. The van der Waals surface area contributed by atoms with E-state index in [0.717, 1.165) is 24.4 Å². The molecular weight excluding hydrogens is 340 g/mol. The zero-order valence-corrected chi connectivity index (χ0v) is 16.9. The highest BCUT2D eigenvalue weighted by molar-refractivity contribution is 7.07. The highest BCUT2D eigenvalue weighted by Crippen LogP contribution is 2.27. The maximum Gasteiger partial charge on any atom is 0.131 e. The van der Waals surface area contributed by atoms with E-state index in [0.29, 0.717) is 12.0 Å². The smallest absolute Gasteiger partial charge is 0.131 e. The zero-order chi connectivity index (χ0) is 16.9. The minimum Gasteiger partial charge on any atom is -0.487 e. The number of hydrogen-bond acceptors (Lipinski definition) is 4. The van der Waals surface area contributed by atoms with Crippen LogP contribution >= 0.6 is 23.7 Å². The Balaban J connectivity index is 0.00000288. The molecule has 1 aromatic carbocycles. The molecule has 0 saturated carbocycles. The number of rotatable bonds is 7. The summed E-state index contributed by atoms with van der Waals surface area (Å²) < 4.78 is 5.74. The Labute approximate surface area is 156 Å². The second kappa shape index (κ2) is 8.84. The molecule has 0 amide bonds. The minimum atomic E-state index is 0. The predicted molar refractivity (Wildman–Crippen MR) is 105 cm³/mol. The molecule has 1 heterocycles. The standard InChI is InChI=1S/C19H28N2OS.ClH/c1-18(2,3)13-19(4,5)21-10-15-6-8-17(9-7-15)22-11-16-12-23-14-20-16;/h6-9,12,14,21H,10-11,13H2,1-5H3;1H. The highest BCUT2D eigenvalue weighted by Gasteiger charge is 2.24. The molecule has 3 nitrogen and oxygen atoms in total. The van der Waals surface area contributed by atoms with E-state index in [1.807, 2.05) is 23.0 Å². The van der Waals surface area contributed by atoms with Crippen LogP contribution in [-0.2, 0) is 13.2 Å². The summed E-state index contributed by atoms with van der Waals surface area (Å²) in [6, 6.07) is 8.30. The Hall–Kier alpha value is -1.10. The van der Waals surface area contributed by atoms with Gasteiger partial charge in [0.15, 0.2) is 0 Å². The van der Waals surface area contributed by atoms with E-state index >= 15 is 0 Å². The lowest BCUT2D eigenvalue weighted by Gasteiger charge is -2.33. The first-order valence-electron chi connectivity index (χ1n) is 8.07. The van der Waals surface area contributed by atoms with E-state index in [9.17, 15) is 0 Å². The maximum absolute atomic E-state index is 5.74. The van der Waals surface area contributed by atoms with Crippen LogP contribution in [0.25, 0.3) is 0 Å². The van der Waals surface area contributed by atoms with Gasteiger partial charge in [-0.3, -0.25) is 0 Å². The summed E-state index contributed by atoms with van der Waals surface area (Å²) in [5.41, 5.74) is 4.52. The van der Waals surface area contributed by atoms with Crippen molar-refractivity contribution >= 4 is 23.7 Å². The molecule has 0 bridgehead atoms. The fraction of sp³-hybridized carbons (Fsp3) is 0.526. The van der Waals surface area contributed by atoms with Crippen molar-refractivity contribution in [2.75, 3.05) is 0 Å².